The molecule has 2 N–H and O–H groups in total. The Hall–Kier alpha value is -1.39. The molecule has 4 nitrogen and oxygen atoms in total. The van der Waals surface area contributed by atoms with Gasteiger partial charge in [-0.3, -0.25) is 4.79 Å². The lowest BCUT2D eigenvalue weighted by molar-refractivity contribution is -0.115. The van der Waals surface area contributed by atoms with Gasteiger partial charge in [-0.1, -0.05) is 17.7 Å². The Morgan fingerprint density at radius 3 is 2.61 bits per heavy atom. The van der Waals surface area contributed by atoms with Gasteiger partial charge in [0, 0.05) is 18.8 Å². The molecule has 98 valence electrons. The van der Waals surface area contributed by atoms with Crippen molar-refractivity contribution >= 4 is 11.6 Å². The van der Waals surface area contributed by atoms with Crippen LogP contribution in [0.5, 0.6) is 0 Å². The first-order valence-corrected chi connectivity index (χ1v) is 6.30. The van der Waals surface area contributed by atoms with Crippen molar-refractivity contribution in [3.05, 3.63) is 29.8 Å². The van der Waals surface area contributed by atoms with Gasteiger partial charge in [-0.05, 0) is 31.9 Å². The molecule has 1 aromatic rings. The minimum Gasteiger partial charge on any atom is -0.381 e. The third-order valence-electron chi connectivity index (χ3n) is 3.31. The largest absolute Gasteiger partial charge is 0.381 e. The van der Waals surface area contributed by atoms with Crippen molar-refractivity contribution in [2.24, 2.45) is 0 Å². The number of hydrogen-bond acceptors (Lipinski definition) is 3. The van der Waals surface area contributed by atoms with Crippen LogP contribution in [0.3, 0.4) is 0 Å². The number of carbonyl (C=O) groups is 1. The summed E-state index contributed by atoms with van der Waals surface area (Å²) in [5.74, 6) is -0.000259. The summed E-state index contributed by atoms with van der Waals surface area (Å²) < 4.78 is 5.19. The summed E-state index contributed by atoms with van der Waals surface area (Å²) in [7, 11) is 1.73. The van der Waals surface area contributed by atoms with E-state index in [1.165, 1.54) is 5.56 Å². The number of rotatable bonds is 5. The highest BCUT2D eigenvalue weighted by molar-refractivity contribution is 5.92. The lowest BCUT2D eigenvalue weighted by atomic mass is 9.89. The van der Waals surface area contributed by atoms with Crippen LogP contribution >= 0.6 is 0 Å². The molecule has 1 amide bonds. The maximum atomic E-state index is 11.7. The highest BCUT2D eigenvalue weighted by Gasteiger charge is 2.28. The third-order valence-corrected chi connectivity index (χ3v) is 3.31. The summed E-state index contributed by atoms with van der Waals surface area (Å²) in [5, 5.41) is 6.09. The van der Waals surface area contributed by atoms with Gasteiger partial charge in [0.25, 0.3) is 0 Å². The predicted molar refractivity (Wildman–Crippen MR) is 71.6 cm³/mol. The standard InChI is InChI=1S/C14H20N2O2/c1-10-3-5-11(6-4-10)16-14(17)9-15-12-7-13(8-12)18-2/h3-6,12-13,15H,7-9H2,1-2H3,(H,16,17). The van der Waals surface area contributed by atoms with Gasteiger partial charge >= 0.3 is 0 Å². The van der Waals surface area contributed by atoms with E-state index in [1.807, 2.05) is 31.2 Å². The first kappa shape index (κ1) is 13.1. The van der Waals surface area contributed by atoms with Gasteiger partial charge in [0.15, 0.2) is 0 Å². The Labute approximate surface area is 108 Å². The molecule has 4 heteroatoms. The lowest BCUT2D eigenvalue weighted by Gasteiger charge is -2.34. The minimum atomic E-state index is -0.000259. The fourth-order valence-electron chi connectivity index (χ4n) is 2.00. The summed E-state index contributed by atoms with van der Waals surface area (Å²) in [6.07, 6.45) is 2.35. The summed E-state index contributed by atoms with van der Waals surface area (Å²) in [5.41, 5.74) is 2.03. The Bertz CT molecular complexity index is 397. The molecule has 1 aromatic carbocycles. The molecule has 0 radical (unpaired) electrons. The van der Waals surface area contributed by atoms with E-state index in [-0.39, 0.29) is 5.91 Å². The molecule has 1 saturated carbocycles. The van der Waals surface area contributed by atoms with E-state index in [2.05, 4.69) is 10.6 Å². The molecule has 0 unspecified atom stereocenters. The van der Waals surface area contributed by atoms with Crippen molar-refractivity contribution in [1.29, 1.82) is 0 Å². The molecule has 1 aliphatic carbocycles. The van der Waals surface area contributed by atoms with Crippen molar-refractivity contribution in [2.75, 3.05) is 19.0 Å². The summed E-state index contributed by atoms with van der Waals surface area (Å²) in [6, 6.07) is 8.21. The number of methoxy groups -OCH3 is 1. The summed E-state index contributed by atoms with van der Waals surface area (Å²) >= 11 is 0. The van der Waals surface area contributed by atoms with Crippen molar-refractivity contribution in [1.82, 2.24) is 5.32 Å². The number of ether oxygens (including phenoxy) is 1. The van der Waals surface area contributed by atoms with Crippen LogP contribution in [-0.2, 0) is 9.53 Å². The quantitative estimate of drug-likeness (QED) is 0.834. The average Bonchev–Trinajstić information content (AvgIpc) is 2.30. The van der Waals surface area contributed by atoms with Crippen LogP contribution in [0.15, 0.2) is 24.3 Å². The van der Waals surface area contributed by atoms with Crippen LogP contribution in [0.1, 0.15) is 18.4 Å². The molecule has 0 bridgehead atoms. The molecule has 0 heterocycles. The second-order valence-corrected chi connectivity index (χ2v) is 4.82. The summed E-state index contributed by atoms with van der Waals surface area (Å²) in [4.78, 5) is 11.7. The number of aryl methyl sites for hydroxylation is 1. The van der Waals surface area contributed by atoms with E-state index in [9.17, 15) is 4.79 Å². The fraction of sp³-hybridized carbons (Fsp3) is 0.500. The Kier molecular flexibility index (Phi) is 4.33. The van der Waals surface area contributed by atoms with Crippen molar-refractivity contribution in [3.8, 4) is 0 Å². The average molecular weight is 248 g/mol. The Morgan fingerprint density at radius 1 is 1.33 bits per heavy atom. The molecule has 0 saturated heterocycles. The topological polar surface area (TPSA) is 50.4 Å². The molecule has 1 fully saturated rings. The van der Waals surface area contributed by atoms with Gasteiger partial charge in [0.2, 0.25) is 5.91 Å². The van der Waals surface area contributed by atoms with Crippen LogP contribution in [-0.4, -0.2) is 31.7 Å². The fourth-order valence-corrected chi connectivity index (χ4v) is 2.00. The van der Waals surface area contributed by atoms with E-state index < -0.39 is 0 Å². The smallest absolute Gasteiger partial charge is 0.238 e. The van der Waals surface area contributed by atoms with Gasteiger partial charge in [0.05, 0.1) is 12.6 Å². The van der Waals surface area contributed by atoms with E-state index >= 15 is 0 Å². The van der Waals surface area contributed by atoms with Crippen molar-refractivity contribution < 1.29 is 9.53 Å². The zero-order valence-corrected chi connectivity index (χ0v) is 10.9. The molecular formula is C14H20N2O2. The number of nitrogens with one attached hydrogen (secondary N) is 2. The third kappa shape index (κ3) is 3.55. The van der Waals surface area contributed by atoms with Crippen LogP contribution in [0.25, 0.3) is 0 Å². The zero-order valence-electron chi connectivity index (χ0n) is 10.9. The van der Waals surface area contributed by atoms with Gasteiger partial charge in [-0.15, -0.1) is 0 Å². The maximum Gasteiger partial charge on any atom is 0.238 e. The van der Waals surface area contributed by atoms with Gasteiger partial charge in [-0.2, -0.15) is 0 Å². The lowest BCUT2D eigenvalue weighted by Crippen LogP contribution is -2.47. The maximum absolute atomic E-state index is 11.7. The minimum absolute atomic E-state index is 0.000259. The number of hydrogen-bond donors (Lipinski definition) is 2. The zero-order chi connectivity index (χ0) is 13.0. The molecule has 18 heavy (non-hydrogen) atoms. The molecule has 0 aliphatic heterocycles. The van der Waals surface area contributed by atoms with Crippen LogP contribution < -0.4 is 10.6 Å². The normalized spacial score (nSPS) is 22.3. The SMILES string of the molecule is COC1CC(NCC(=O)Nc2ccc(C)cc2)C1. The predicted octanol–water partition coefficient (Wildman–Crippen LogP) is 1.70. The van der Waals surface area contributed by atoms with Gasteiger partial charge in [0.1, 0.15) is 0 Å². The molecular weight excluding hydrogens is 228 g/mol. The van der Waals surface area contributed by atoms with Gasteiger partial charge < -0.3 is 15.4 Å². The monoisotopic (exact) mass is 248 g/mol. The van der Waals surface area contributed by atoms with E-state index in [4.69, 9.17) is 4.74 Å². The molecule has 0 aromatic heterocycles. The van der Waals surface area contributed by atoms with Crippen LogP contribution in [0, 0.1) is 6.92 Å². The number of benzene rings is 1. The molecule has 0 spiro atoms. The second-order valence-electron chi connectivity index (χ2n) is 4.82. The first-order valence-electron chi connectivity index (χ1n) is 6.30. The highest BCUT2D eigenvalue weighted by Crippen LogP contribution is 2.22. The molecule has 0 atom stereocenters. The van der Waals surface area contributed by atoms with Crippen LogP contribution in [0.4, 0.5) is 5.69 Å². The second kappa shape index (κ2) is 5.98. The van der Waals surface area contributed by atoms with Crippen molar-refractivity contribution in [2.45, 2.75) is 31.9 Å². The summed E-state index contributed by atoms with van der Waals surface area (Å²) in [6.45, 7) is 2.38. The molecule has 1 aliphatic rings. The van der Waals surface area contributed by atoms with Crippen molar-refractivity contribution in [3.63, 3.8) is 0 Å². The molecule has 2 rings (SSSR count). The number of amides is 1. The Morgan fingerprint density at radius 2 is 2.00 bits per heavy atom. The number of carbonyl (C=O) groups excluding carboxylic acids is 1. The first-order chi connectivity index (χ1) is 8.67. The van der Waals surface area contributed by atoms with Gasteiger partial charge in [-0.25, -0.2) is 0 Å². The van der Waals surface area contributed by atoms with E-state index in [1.54, 1.807) is 7.11 Å². The van der Waals surface area contributed by atoms with Crippen LogP contribution in [0.2, 0.25) is 0 Å². The van der Waals surface area contributed by atoms with E-state index in [0.717, 1.165) is 18.5 Å². The highest BCUT2D eigenvalue weighted by atomic mass is 16.5. The van der Waals surface area contributed by atoms with E-state index in [0.29, 0.717) is 18.7 Å². The Balaban J connectivity index is 1.68. The number of anilines is 1.